The molecule has 0 atom stereocenters. The van der Waals surface area contributed by atoms with Crippen molar-refractivity contribution in [2.24, 2.45) is 0 Å². The topological polar surface area (TPSA) is 54.6 Å². The van der Waals surface area contributed by atoms with Gasteiger partial charge < -0.3 is 5.11 Å². The van der Waals surface area contributed by atoms with Crippen LogP contribution < -0.4 is 0 Å². The Labute approximate surface area is 109 Å². The van der Waals surface area contributed by atoms with Crippen LogP contribution in [0.4, 0.5) is 0 Å². The molecular weight excluding hydrogens is 248 g/mol. The quantitative estimate of drug-likeness (QED) is 0.903. The summed E-state index contributed by atoms with van der Waals surface area (Å²) in [6.45, 7) is 1.99. The Kier molecular flexibility index (Phi) is 2.86. The number of carboxylic acid groups (broad SMARTS) is 1. The fraction of sp³-hybridized carbons (Fsp3) is 0.538. The predicted molar refractivity (Wildman–Crippen MR) is 70.6 cm³/mol. The first-order chi connectivity index (χ1) is 8.68. The predicted octanol–water partition coefficient (Wildman–Crippen LogP) is 3.45. The Morgan fingerprint density at radius 1 is 1.44 bits per heavy atom. The first kappa shape index (κ1) is 11.7. The zero-order valence-corrected chi connectivity index (χ0v) is 11.2. The molecule has 4 nitrogen and oxygen atoms in total. The highest BCUT2D eigenvalue weighted by atomic mass is 32.1. The van der Waals surface area contributed by atoms with E-state index in [9.17, 15) is 9.90 Å². The summed E-state index contributed by atoms with van der Waals surface area (Å²) in [5, 5.41) is 9.38. The number of aromatic carboxylic acids is 1. The van der Waals surface area contributed by atoms with Gasteiger partial charge in [-0.05, 0) is 19.8 Å². The number of carbonyl (C=O) groups is 1. The van der Waals surface area contributed by atoms with E-state index in [1.165, 1.54) is 30.6 Å². The maximum absolute atomic E-state index is 11.4. The summed E-state index contributed by atoms with van der Waals surface area (Å²) in [6, 6.07) is 0. The molecule has 1 saturated carbocycles. The molecule has 0 unspecified atom stereocenters. The number of imidazole rings is 1. The van der Waals surface area contributed by atoms with Crippen LogP contribution in [0.1, 0.15) is 59.1 Å². The van der Waals surface area contributed by atoms with Gasteiger partial charge in [-0.25, -0.2) is 9.78 Å². The minimum Gasteiger partial charge on any atom is -0.477 e. The summed E-state index contributed by atoms with van der Waals surface area (Å²) < 4.78 is 2.05. The normalized spacial score (nSPS) is 17.4. The number of fused-ring (bicyclic) bond motifs is 1. The lowest BCUT2D eigenvalue weighted by Gasteiger charge is -2.22. The molecular formula is C13H16N2O2S. The second-order valence-corrected chi connectivity index (χ2v) is 5.95. The van der Waals surface area contributed by atoms with Crippen molar-refractivity contribution in [3.05, 3.63) is 22.5 Å². The monoisotopic (exact) mass is 264 g/mol. The number of aromatic nitrogens is 2. The fourth-order valence-electron chi connectivity index (χ4n) is 2.92. The summed E-state index contributed by atoms with van der Waals surface area (Å²) in [5.41, 5.74) is 2.02. The molecule has 0 saturated heterocycles. The lowest BCUT2D eigenvalue weighted by molar-refractivity contribution is 0.0699. The second kappa shape index (κ2) is 4.39. The fourth-order valence-corrected chi connectivity index (χ4v) is 3.99. The van der Waals surface area contributed by atoms with E-state index < -0.39 is 5.97 Å². The van der Waals surface area contributed by atoms with Crippen LogP contribution in [0.3, 0.4) is 0 Å². The maximum atomic E-state index is 11.4. The zero-order valence-electron chi connectivity index (χ0n) is 10.3. The molecule has 96 valence electrons. The van der Waals surface area contributed by atoms with Gasteiger partial charge in [0.1, 0.15) is 4.88 Å². The highest BCUT2D eigenvalue weighted by Crippen LogP contribution is 2.38. The Morgan fingerprint density at radius 3 is 2.83 bits per heavy atom. The number of aryl methyl sites for hydroxylation is 1. The summed E-state index contributed by atoms with van der Waals surface area (Å²) >= 11 is 1.30. The van der Waals surface area contributed by atoms with E-state index in [1.54, 1.807) is 0 Å². The number of hydrogen-bond donors (Lipinski definition) is 1. The molecule has 0 amide bonds. The van der Waals surface area contributed by atoms with Gasteiger partial charge in [0.25, 0.3) is 0 Å². The molecule has 1 aliphatic carbocycles. The third kappa shape index (κ3) is 1.73. The molecule has 3 rings (SSSR count). The summed E-state index contributed by atoms with van der Waals surface area (Å²) in [5.74, 6) is -0.433. The number of carboxylic acids is 1. The molecule has 18 heavy (non-hydrogen) atoms. The van der Waals surface area contributed by atoms with Crippen molar-refractivity contribution in [1.82, 2.24) is 9.38 Å². The van der Waals surface area contributed by atoms with Crippen LogP contribution in [0.5, 0.6) is 0 Å². The van der Waals surface area contributed by atoms with Crippen LogP contribution >= 0.6 is 11.3 Å². The third-order valence-corrected chi connectivity index (χ3v) is 4.82. The number of nitrogens with zero attached hydrogens (tertiary/aromatic N) is 2. The van der Waals surface area contributed by atoms with Crippen molar-refractivity contribution in [2.45, 2.75) is 44.9 Å². The van der Waals surface area contributed by atoms with Crippen LogP contribution in [-0.4, -0.2) is 20.5 Å². The first-order valence-electron chi connectivity index (χ1n) is 6.38. The zero-order chi connectivity index (χ0) is 12.7. The van der Waals surface area contributed by atoms with Crippen molar-refractivity contribution in [2.75, 3.05) is 0 Å². The van der Waals surface area contributed by atoms with Crippen LogP contribution in [0.25, 0.3) is 4.96 Å². The lowest BCUT2D eigenvalue weighted by Crippen LogP contribution is -2.11. The van der Waals surface area contributed by atoms with Crippen molar-refractivity contribution in [1.29, 1.82) is 0 Å². The van der Waals surface area contributed by atoms with Crippen LogP contribution in [0.15, 0.2) is 6.20 Å². The summed E-state index contributed by atoms with van der Waals surface area (Å²) in [6.07, 6.45) is 7.70. The highest BCUT2D eigenvalue weighted by molar-refractivity contribution is 7.19. The average molecular weight is 264 g/mol. The van der Waals surface area contributed by atoms with Gasteiger partial charge in [0.15, 0.2) is 4.96 Å². The standard InChI is InChI=1S/C13H16N2O2S/c1-8-7-14-13-15(8)10(11(18-13)12(16)17)9-5-3-2-4-6-9/h7,9H,2-6H2,1H3,(H,16,17). The second-order valence-electron chi connectivity index (χ2n) is 4.97. The molecule has 1 N–H and O–H groups in total. The van der Waals surface area contributed by atoms with E-state index in [0.717, 1.165) is 29.2 Å². The SMILES string of the molecule is Cc1cnc2sc(C(=O)O)c(C3CCCCC3)n12. The van der Waals surface area contributed by atoms with Gasteiger partial charge in [0.05, 0.1) is 5.69 Å². The van der Waals surface area contributed by atoms with Crippen molar-refractivity contribution < 1.29 is 9.90 Å². The van der Waals surface area contributed by atoms with Crippen molar-refractivity contribution in [3.8, 4) is 0 Å². The van der Waals surface area contributed by atoms with E-state index in [4.69, 9.17) is 0 Å². The smallest absolute Gasteiger partial charge is 0.347 e. The van der Waals surface area contributed by atoms with E-state index in [-0.39, 0.29) is 0 Å². The Bertz CT molecular complexity index is 593. The highest BCUT2D eigenvalue weighted by Gasteiger charge is 2.27. The molecule has 2 aromatic rings. The average Bonchev–Trinajstić information content (AvgIpc) is 2.91. The molecule has 0 aromatic carbocycles. The van der Waals surface area contributed by atoms with E-state index in [0.29, 0.717) is 10.8 Å². The van der Waals surface area contributed by atoms with Gasteiger partial charge in [-0.3, -0.25) is 4.40 Å². The molecule has 1 fully saturated rings. The van der Waals surface area contributed by atoms with Crippen LogP contribution in [0.2, 0.25) is 0 Å². The molecule has 0 spiro atoms. The van der Waals surface area contributed by atoms with Gasteiger partial charge in [-0.15, -0.1) is 0 Å². The molecule has 2 heterocycles. The Balaban J connectivity index is 2.18. The number of rotatable bonds is 2. The van der Waals surface area contributed by atoms with E-state index in [1.807, 2.05) is 17.5 Å². The third-order valence-electron chi connectivity index (χ3n) is 3.76. The van der Waals surface area contributed by atoms with Gasteiger partial charge in [0, 0.05) is 17.8 Å². The Morgan fingerprint density at radius 2 is 2.17 bits per heavy atom. The van der Waals surface area contributed by atoms with E-state index >= 15 is 0 Å². The number of hydrogen-bond acceptors (Lipinski definition) is 3. The van der Waals surface area contributed by atoms with Gasteiger partial charge in [-0.2, -0.15) is 0 Å². The first-order valence-corrected chi connectivity index (χ1v) is 7.20. The van der Waals surface area contributed by atoms with Crippen molar-refractivity contribution in [3.63, 3.8) is 0 Å². The molecule has 0 radical (unpaired) electrons. The molecule has 0 aliphatic heterocycles. The van der Waals surface area contributed by atoms with Gasteiger partial charge in [-0.1, -0.05) is 30.6 Å². The summed E-state index contributed by atoms with van der Waals surface area (Å²) in [7, 11) is 0. The van der Waals surface area contributed by atoms with Gasteiger partial charge >= 0.3 is 5.97 Å². The van der Waals surface area contributed by atoms with Crippen LogP contribution in [0, 0.1) is 6.92 Å². The lowest BCUT2D eigenvalue weighted by atomic mass is 9.86. The largest absolute Gasteiger partial charge is 0.477 e. The van der Waals surface area contributed by atoms with Crippen molar-refractivity contribution >= 4 is 22.3 Å². The van der Waals surface area contributed by atoms with E-state index in [2.05, 4.69) is 4.98 Å². The molecule has 2 aromatic heterocycles. The number of thiazole rings is 1. The summed E-state index contributed by atoms with van der Waals surface area (Å²) in [4.78, 5) is 17.0. The van der Waals surface area contributed by atoms with Gasteiger partial charge in [0.2, 0.25) is 0 Å². The molecule has 0 bridgehead atoms. The molecule has 5 heteroatoms. The maximum Gasteiger partial charge on any atom is 0.347 e. The minimum absolute atomic E-state index is 0.381. The van der Waals surface area contributed by atoms with Crippen LogP contribution in [-0.2, 0) is 0 Å². The Hall–Kier alpha value is -1.36. The molecule has 1 aliphatic rings. The minimum atomic E-state index is -0.814.